The second-order valence-electron chi connectivity index (χ2n) is 4.90. The van der Waals surface area contributed by atoms with Crippen LogP contribution in [0.4, 0.5) is 0 Å². The number of nitrogens with zero attached hydrogens (tertiary/aromatic N) is 2. The molecule has 5 heteroatoms. The standard InChI is InChI=1S/C15H16ClN3O/c1-10-3-5-14(20-10)11(2)17-7-13-9-19-8-12(16)4-6-15(19)18-13/h3-6,8-9,11,17H,7H2,1-2H3. The molecule has 1 atom stereocenters. The molecule has 104 valence electrons. The molecular weight excluding hydrogens is 274 g/mol. The van der Waals surface area contributed by atoms with Gasteiger partial charge in [0.1, 0.15) is 17.2 Å². The minimum Gasteiger partial charge on any atom is -0.465 e. The van der Waals surface area contributed by atoms with Crippen molar-refractivity contribution in [1.29, 1.82) is 0 Å². The molecule has 3 aromatic heterocycles. The lowest BCUT2D eigenvalue weighted by Crippen LogP contribution is -2.17. The van der Waals surface area contributed by atoms with Crippen molar-refractivity contribution in [2.45, 2.75) is 26.4 Å². The summed E-state index contributed by atoms with van der Waals surface area (Å²) in [7, 11) is 0. The number of hydrogen-bond donors (Lipinski definition) is 1. The highest BCUT2D eigenvalue weighted by molar-refractivity contribution is 6.30. The monoisotopic (exact) mass is 289 g/mol. The molecule has 0 fully saturated rings. The lowest BCUT2D eigenvalue weighted by molar-refractivity contribution is 0.415. The van der Waals surface area contributed by atoms with Gasteiger partial charge in [-0.2, -0.15) is 0 Å². The molecule has 1 N–H and O–H groups in total. The number of pyridine rings is 1. The van der Waals surface area contributed by atoms with Gasteiger partial charge < -0.3 is 14.1 Å². The second kappa shape index (κ2) is 5.31. The first kappa shape index (κ1) is 13.2. The molecule has 0 aliphatic heterocycles. The van der Waals surface area contributed by atoms with Gasteiger partial charge in [0, 0.05) is 18.9 Å². The summed E-state index contributed by atoms with van der Waals surface area (Å²) in [6.45, 7) is 4.70. The Morgan fingerprint density at radius 3 is 2.90 bits per heavy atom. The predicted molar refractivity (Wildman–Crippen MR) is 78.9 cm³/mol. The van der Waals surface area contributed by atoms with Crippen molar-refractivity contribution in [1.82, 2.24) is 14.7 Å². The number of halogens is 1. The van der Waals surface area contributed by atoms with Crippen LogP contribution in [0, 0.1) is 6.92 Å². The Morgan fingerprint density at radius 1 is 1.30 bits per heavy atom. The van der Waals surface area contributed by atoms with Crippen LogP contribution < -0.4 is 5.32 Å². The maximum Gasteiger partial charge on any atom is 0.137 e. The Bertz CT molecular complexity index is 732. The van der Waals surface area contributed by atoms with E-state index in [0.29, 0.717) is 11.6 Å². The molecule has 3 rings (SSSR count). The summed E-state index contributed by atoms with van der Waals surface area (Å²) in [6, 6.07) is 7.87. The Morgan fingerprint density at radius 2 is 2.15 bits per heavy atom. The molecule has 0 saturated heterocycles. The molecule has 1 unspecified atom stereocenters. The number of nitrogens with one attached hydrogen (secondary N) is 1. The lowest BCUT2D eigenvalue weighted by atomic mass is 10.2. The van der Waals surface area contributed by atoms with Crippen LogP contribution in [0.5, 0.6) is 0 Å². The maximum atomic E-state index is 5.96. The molecule has 0 aromatic carbocycles. The van der Waals surface area contributed by atoms with Gasteiger partial charge in [-0.15, -0.1) is 0 Å². The summed E-state index contributed by atoms with van der Waals surface area (Å²) < 4.78 is 7.53. The van der Waals surface area contributed by atoms with Gasteiger partial charge in [0.05, 0.1) is 16.8 Å². The van der Waals surface area contributed by atoms with Crippen LogP contribution in [0.15, 0.2) is 41.1 Å². The fourth-order valence-corrected chi connectivity index (χ4v) is 2.31. The van der Waals surface area contributed by atoms with E-state index in [1.54, 1.807) is 0 Å². The molecule has 0 aliphatic rings. The first-order valence-corrected chi connectivity index (χ1v) is 6.92. The minimum absolute atomic E-state index is 0.150. The Labute approximate surface area is 122 Å². The van der Waals surface area contributed by atoms with Gasteiger partial charge in [-0.25, -0.2) is 4.98 Å². The zero-order valence-electron chi connectivity index (χ0n) is 11.4. The van der Waals surface area contributed by atoms with Crippen LogP contribution in [0.3, 0.4) is 0 Å². The second-order valence-corrected chi connectivity index (χ2v) is 5.33. The van der Waals surface area contributed by atoms with Gasteiger partial charge in [-0.05, 0) is 38.1 Å². The van der Waals surface area contributed by atoms with Crippen molar-refractivity contribution < 1.29 is 4.42 Å². The molecule has 3 heterocycles. The quantitative estimate of drug-likeness (QED) is 0.795. The van der Waals surface area contributed by atoms with Gasteiger partial charge >= 0.3 is 0 Å². The van der Waals surface area contributed by atoms with Crippen molar-refractivity contribution in [3.63, 3.8) is 0 Å². The zero-order valence-corrected chi connectivity index (χ0v) is 12.2. The highest BCUT2D eigenvalue weighted by Gasteiger charge is 2.10. The molecule has 0 radical (unpaired) electrons. The van der Waals surface area contributed by atoms with E-state index in [4.69, 9.17) is 16.0 Å². The van der Waals surface area contributed by atoms with Gasteiger partial charge in [0.2, 0.25) is 0 Å². The van der Waals surface area contributed by atoms with Crippen LogP contribution in [-0.2, 0) is 6.54 Å². The minimum atomic E-state index is 0.150. The first-order chi connectivity index (χ1) is 9.61. The SMILES string of the molecule is Cc1ccc(C(C)NCc2cn3cc(Cl)ccc3n2)o1. The summed E-state index contributed by atoms with van der Waals surface area (Å²) >= 11 is 5.96. The van der Waals surface area contributed by atoms with Crippen molar-refractivity contribution >= 4 is 17.2 Å². The third-order valence-corrected chi connectivity index (χ3v) is 3.47. The number of aromatic nitrogens is 2. The van der Waals surface area contributed by atoms with Crippen LogP contribution in [0.2, 0.25) is 5.02 Å². The third kappa shape index (κ3) is 2.71. The fourth-order valence-electron chi connectivity index (χ4n) is 2.15. The van der Waals surface area contributed by atoms with Gasteiger partial charge in [0.15, 0.2) is 0 Å². The van der Waals surface area contributed by atoms with Crippen LogP contribution in [0.1, 0.15) is 30.2 Å². The summed E-state index contributed by atoms with van der Waals surface area (Å²) in [5.74, 6) is 1.87. The average molecular weight is 290 g/mol. The lowest BCUT2D eigenvalue weighted by Gasteiger charge is -2.09. The number of imidazole rings is 1. The Hall–Kier alpha value is -1.78. The van der Waals surface area contributed by atoms with E-state index in [0.717, 1.165) is 22.9 Å². The van der Waals surface area contributed by atoms with E-state index in [1.807, 2.05) is 48.0 Å². The van der Waals surface area contributed by atoms with Gasteiger partial charge in [-0.1, -0.05) is 11.6 Å². The number of rotatable bonds is 4. The van der Waals surface area contributed by atoms with Crippen molar-refractivity contribution in [2.24, 2.45) is 0 Å². The smallest absolute Gasteiger partial charge is 0.137 e. The van der Waals surface area contributed by atoms with Gasteiger partial charge in [-0.3, -0.25) is 0 Å². The zero-order chi connectivity index (χ0) is 14.1. The molecular formula is C15H16ClN3O. The van der Waals surface area contributed by atoms with Crippen molar-refractivity contribution in [3.05, 3.63) is 58.9 Å². The molecule has 20 heavy (non-hydrogen) atoms. The van der Waals surface area contributed by atoms with Crippen LogP contribution >= 0.6 is 11.6 Å². The van der Waals surface area contributed by atoms with Crippen LogP contribution in [0.25, 0.3) is 5.65 Å². The van der Waals surface area contributed by atoms with E-state index >= 15 is 0 Å². The van der Waals surface area contributed by atoms with Crippen molar-refractivity contribution in [3.8, 4) is 0 Å². The summed E-state index contributed by atoms with van der Waals surface area (Å²) in [6.07, 6.45) is 3.83. The fraction of sp³-hybridized carbons (Fsp3) is 0.267. The van der Waals surface area contributed by atoms with Crippen molar-refractivity contribution in [2.75, 3.05) is 0 Å². The number of fused-ring (bicyclic) bond motifs is 1. The van der Waals surface area contributed by atoms with E-state index in [-0.39, 0.29) is 6.04 Å². The maximum absolute atomic E-state index is 5.96. The highest BCUT2D eigenvalue weighted by Crippen LogP contribution is 2.16. The topological polar surface area (TPSA) is 42.5 Å². The van der Waals surface area contributed by atoms with E-state index < -0.39 is 0 Å². The predicted octanol–water partition coefficient (Wildman–Crippen LogP) is 3.74. The third-order valence-electron chi connectivity index (χ3n) is 3.24. The Kier molecular flexibility index (Phi) is 3.51. The van der Waals surface area contributed by atoms with E-state index in [9.17, 15) is 0 Å². The molecule has 3 aromatic rings. The molecule has 0 saturated carbocycles. The number of furan rings is 1. The largest absolute Gasteiger partial charge is 0.465 e. The Balaban J connectivity index is 1.70. The van der Waals surface area contributed by atoms with E-state index in [2.05, 4.69) is 17.2 Å². The van der Waals surface area contributed by atoms with Gasteiger partial charge in [0.25, 0.3) is 0 Å². The average Bonchev–Trinajstić information content (AvgIpc) is 3.01. The first-order valence-electron chi connectivity index (χ1n) is 6.54. The van der Waals surface area contributed by atoms with E-state index in [1.165, 1.54) is 0 Å². The van der Waals surface area contributed by atoms with Crippen LogP contribution in [-0.4, -0.2) is 9.38 Å². The number of aryl methyl sites for hydroxylation is 1. The molecule has 4 nitrogen and oxygen atoms in total. The highest BCUT2D eigenvalue weighted by atomic mass is 35.5. The normalized spacial score (nSPS) is 12.9. The summed E-state index contributed by atoms with van der Waals surface area (Å²) in [4.78, 5) is 4.54. The molecule has 0 bridgehead atoms. The summed E-state index contributed by atoms with van der Waals surface area (Å²) in [5.41, 5.74) is 1.87. The molecule has 0 spiro atoms. The summed E-state index contributed by atoms with van der Waals surface area (Å²) in [5, 5.41) is 4.10. The molecule has 0 aliphatic carbocycles. The number of hydrogen-bond acceptors (Lipinski definition) is 3. The molecule has 0 amide bonds.